The standard InChI is InChI=1S/C21H18F3N3O3S2/c22-15-2-4-16(5-3-15)32(29,30)27-9-7-13(8-10-27)20(28)26-21-25-19(12-31-21)14-1-6-17(23)18(24)11-14/h1-6,11-13H,7-10H2,(H,25,26,28). The van der Waals surface area contributed by atoms with Crippen LogP contribution in [0.4, 0.5) is 18.3 Å². The second-order valence-corrected chi connectivity index (χ2v) is 10.1. The van der Waals surface area contributed by atoms with Crippen molar-refractivity contribution in [2.75, 3.05) is 18.4 Å². The lowest BCUT2D eigenvalue weighted by Gasteiger charge is -2.30. The van der Waals surface area contributed by atoms with Crippen LogP contribution < -0.4 is 5.32 Å². The third kappa shape index (κ3) is 4.69. The lowest BCUT2D eigenvalue weighted by molar-refractivity contribution is -0.120. The second kappa shape index (κ2) is 9.00. The van der Waals surface area contributed by atoms with E-state index >= 15 is 0 Å². The Balaban J connectivity index is 1.36. The van der Waals surface area contributed by atoms with Gasteiger partial charge in [0.2, 0.25) is 15.9 Å². The lowest BCUT2D eigenvalue weighted by atomic mass is 9.97. The summed E-state index contributed by atoms with van der Waals surface area (Å²) in [5, 5.41) is 4.65. The highest BCUT2D eigenvalue weighted by Gasteiger charge is 2.32. The molecule has 168 valence electrons. The molecule has 0 bridgehead atoms. The van der Waals surface area contributed by atoms with Gasteiger partial charge in [-0.15, -0.1) is 11.3 Å². The molecule has 0 aliphatic carbocycles. The number of carbonyl (C=O) groups is 1. The molecule has 2 heterocycles. The van der Waals surface area contributed by atoms with E-state index in [9.17, 15) is 26.4 Å². The summed E-state index contributed by atoms with van der Waals surface area (Å²) in [4.78, 5) is 16.9. The number of rotatable bonds is 5. The Hall–Kier alpha value is -2.76. The van der Waals surface area contributed by atoms with Gasteiger partial charge in [0.15, 0.2) is 16.8 Å². The predicted octanol–water partition coefficient (Wildman–Crippen LogP) is 4.27. The molecule has 0 spiro atoms. The number of sulfonamides is 1. The van der Waals surface area contributed by atoms with Crippen molar-refractivity contribution in [2.24, 2.45) is 5.92 Å². The molecule has 32 heavy (non-hydrogen) atoms. The number of hydrogen-bond acceptors (Lipinski definition) is 5. The number of aromatic nitrogens is 1. The maximum absolute atomic E-state index is 13.4. The second-order valence-electron chi connectivity index (χ2n) is 7.29. The molecule has 0 atom stereocenters. The van der Waals surface area contributed by atoms with Crippen LogP contribution in [-0.2, 0) is 14.8 Å². The van der Waals surface area contributed by atoms with Crippen LogP contribution in [0.3, 0.4) is 0 Å². The van der Waals surface area contributed by atoms with Gasteiger partial charge in [-0.2, -0.15) is 4.31 Å². The van der Waals surface area contributed by atoms with Crippen LogP contribution in [0.2, 0.25) is 0 Å². The highest BCUT2D eigenvalue weighted by molar-refractivity contribution is 7.89. The van der Waals surface area contributed by atoms with Crippen LogP contribution in [0.1, 0.15) is 12.8 Å². The van der Waals surface area contributed by atoms with E-state index in [-0.39, 0.29) is 23.9 Å². The van der Waals surface area contributed by atoms with Gasteiger partial charge in [-0.3, -0.25) is 4.79 Å². The molecule has 1 N–H and O–H groups in total. The maximum atomic E-state index is 13.4. The molecule has 3 aromatic rings. The van der Waals surface area contributed by atoms with Gasteiger partial charge in [0.1, 0.15) is 5.82 Å². The van der Waals surface area contributed by atoms with Gasteiger partial charge in [-0.25, -0.2) is 26.6 Å². The number of thiazole rings is 1. The first-order chi connectivity index (χ1) is 15.2. The Kier molecular flexibility index (Phi) is 6.31. The van der Waals surface area contributed by atoms with Gasteiger partial charge in [0, 0.05) is 30.0 Å². The predicted molar refractivity (Wildman–Crippen MR) is 114 cm³/mol. The van der Waals surface area contributed by atoms with Crippen LogP contribution in [0.15, 0.2) is 52.7 Å². The zero-order chi connectivity index (χ0) is 22.9. The third-order valence-corrected chi connectivity index (χ3v) is 7.90. The Morgan fingerprint density at radius 1 is 1.03 bits per heavy atom. The van der Waals surface area contributed by atoms with Crippen LogP contribution in [0.25, 0.3) is 11.3 Å². The fourth-order valence-electron chi connectivity index (χ4n) is 3.44. The molecular weight excluding hydrogens is 463 g/mol. The number of anilines is 1. The fourth-order valence-corrected chi connectivity index (χ4v) is 5.63. The van der Waals surface area contributed by atoms with Crippen molar-refractivity contribution in [1.29, 1.82) is 0 Å². The van der Waals surface area contributed by atoms with Gasteiger partial charge < -0.3 is 5.32 Å². The number of amides is 1. The van der Waals surface area contributed by atoms with Crippen molar-refractivity contribution in [1.82, 2.24) is 9.29 Å². The largest absolute Gasteiger partial charge is 0.302 e. The van der Waals surface area contributed by atoms with Gasteiger partial charge in [0.25, 0.3) is 0 Å². The summed E-state index contributed by atoms with van der Waals surface area (Å²) in [5.41, 5.74) is 0.796. The molecule has 1 saturated heterocycles. The summed E-state index contributed by atoms with van der Waals surface area (Å²) in [6.45, 7) is 0.325. The van der Waals surface area contributed by atoms with Gasteiger partial charge in [0.05, 0.1) is 10.6 Å². The van der Waals surface area contributed by atoms with E-state index in [1.807, 2.05) is 0 Å². The van der Waals surface area contributed by atoms with Gasteiger partial charge in [-0.05, 0) is 55.3 Å². The van der Waals surface area contributed by atoms with Crippen molar-refractivity contribution < 1.29 is 26.4 Å². The Bertz CT molecular complexity index is 1240. The number of benzene rings is 2. The number of halogens is 3. The highest BCUT2D eigenvalue weighted by Crippen LogP contribution is 2.28. The van der Waals surface area contributed by atoms with E-state index in [0.717, 1.165) is 35.6 Å². The van der Waals surface area contributed by atoms with Crippen LogP contribution in [0, 0.1) is 23.4 Å². The summed E-state index contributed by atoms with van der Waals surface area (Å²) < 4.78 is 66.3. The summed E-state index contributed by atoms with van der Waals surface area (Å²) in [6, 6.07) is 8.07. The SMILES string of the molecule is O=C(Nc1nc(-c2ccc(F)c(F)c2)cs1)C1CCN(S(=O)(=O)c2ccc(F)cc2)CC1. The maximum Gasteiger partial charge on any atom is 0.243 e. The van der Waals surface area contributed by atoms with Crippen LogP contribution in [-0.4, -0.2) is 36.7 Å². The normalized spacial score (nSPS) is 15.6. The first-order valence-electron chi connectivity index (χ1n) is 9.71. The van der Waals surface area contributed by atoms with E-state index in [1.54, 1.807) is 5.38 Å². The van der Waals surface area contributed by atoms with Crippen molar-refractivity contribution >= 4 is 32.4 Å². The molecular formula is C21H18F3N3O3S2. The lowest BCUT2D eigenvalue weighted by Crippen LogP contribution is -2.41. The molecule has 1 aliphatic rings. The minimum atomic E-state index is -3.75. The van der Waals surface area contributed by atoms with Gasteiger partial charge >= 0.3 is 0 Å². The first-order valence-corrected chi connectivity index (χ1v) is 12.0. The fraction of sp³-hybridized carbons (Fsp3) is 0.238. The van der Waals surface area contributed by atoms with Crippen LogP contribution >= 0.6 is 11.3 Å². The Morgan fingerprint density at radius 3 is 2.38 bits per heavy atom. The number of piperidine rings is 1. The van der Waals surface area contributed by atoms with E-state index in [2.05, 4.69) is 10.3 Å². The number of hydrogen-bond donors (Lipinski definition) is 1. The Morgan fingerprint density at radius 2 is 1.72 bits per heavy atom. The van der Waals surface area contributed by atoms with E-state index in [0.29, 0.717) is 29.2 Å². The third-order valence-electron chi connectivity index (χ3n) is 5.23. The smallest absolute Gasteiger partial charge is 0.243 e. The zero-order valence-electron chi connectivity index (χ0n) is 16.6. The van der Waals surface area contributed by atoms with E-state index in [4.69, 9.17) is 0 Å². The van der Waals surface area contributed by atoms with Crippen molar-refractivity contribution in [3.8, 4) is 11.3 Å². The summed E-state index contributed by atoms with van der Waals surface area (Å²) in [5.74, 6) is -3.14. The van der Waals surface area contributed by atoms with Crippen molar-refractivity contribution in [3.63, 3.8) is 0 Å². The highest BCUT2D eigenvalue weighted by atomic mass is 32.2. The topological polar surface area (TPSA) is 79.4 Å². The van der Waals surface area contributed by atoms with Gasteiger partial charge in [-0.1, -0.05) is 0 Å². The monoisotopic (exact) mass is 481 g/mol. The average molecular weight is 482 g/mol. The molecule has 2 aromatic carbocycles. The molecule has 1 aromatic heterocycles. The first kappa shape index (κ1) is 22.4. The molecule has 4 rings (SSSR count). The molecule has 1 aliphatic heterocycles. The average Bonchev–Trinajstić information content (AvgIpc) is 3.24. The number of carbonyl (C=O) groups excluding carboxylic acids is 1. The molecule has 1 fully saturated rings. The molecule has 6 nitrogen and oxygen atoms in total. The van der Waals surface area contributed by atoms with Crippen molar-refractivity contribution in [2.45, 2.75) is 17.7 Å². The minimum Gasteiger partial charge on any atom is -0.302 e. The molecule has 1 amide bonds. The summed E-state index contributed by atoms with van der Waals surface area (Å²) in [7, 11) is -3.75. The van der Waals surface area contributed by atoms with Crippen LogP contribution in [0.5, 0.6) is 0 Å². The zero-order valence-corrected chi connectivity index (χ0v) is 18.2. The summed E-state index contributed by atoms with van der Waals surface area (Å²) in [6.07, 6.45) is 0.654. The minimum absolute atomic E-state index is 0.00865. The molecule has 11 heteroatoms. The van der Waals surface area contributed by atoms with E-state index < -0.39 is 33.4 Å². The molecule has 0 radical (unpaired) electrons. The number of nitrogens with one attached hydrogen (secondary N) is 1. The summed E-state index contributed by atoms with van der Waals surface area (Å²) >= 11 is 1.15. The van der Waals surface area contributed by atoms with E-state index in [1.165, 1.54) is 22.5 Å². The van der Waals surface area contributed by atoms with Crippen molar-refractivity contribution in [3.05, 3.63) is 65.3 Å². The molecule has 0 saturated carbocycles. The quantitative estimate of drug-likeness (QED) is 0.591. The number of nitrogens with zero attached hydrogens (tertiary/aromatic N) is 2. The molecule has 0 unspecified atom stereocenters. The Labute approximate surface area is 186 Å².